The zero-order valence-electron chi connectivity index (χ0n) is 22.7. The lowest BCUT2D eigenvalue weighted by molar-refractivity contribution is 0.0729. The van der Waals surface area contributed by atoms with E-state index in [1.54, 1.807) is 24.1 Å². The van der Waals surface area contributed by atoms with Crippen LogP contribution in [-0.4, -0.2) is 24.5 Å². The minimum absolute atomic E-state index is 0.0690. The molecule has 4 aromatic carbocycles. The lowest BCUT2D eigenvalue weighted by Crippen LogP contribution is -2.31. The number of methoxy groups -OCH3 is 1. The average molecular weight is 566 g/mol. The molecule has 5 aromatic rings. The number of hydrogen-bond acceptors (Lipinski definition) is 5. The molecule has 0 radical (unpaired) electrons. The maximum Gasteiger partial charge on any atom is 0.290 e. The van der Waals surface area contributed by atoms with Crippen molar-refractivity contribution in [2.75, 3.05) is 13.7 Å². The number of amides is 1. The molecule has 1 amide bonds. The second-order valence-corrected chi connectivity index (χ2v) is 10.5. The molecule has 0 saturated heterocycles. The van der Waals surface area contributed by atoms with E-state index in [9.17, 15) is 9.59 Å². The van der Waals surface area contributed by atoms with Crippen molar-refractivity contribution < 1.29 is 18.7 Å². The lowest BCUT2D eigenvalue weighted by Gasteiger charge is -2.25. The Morgan fingerprint density at radius 3 is 2.41 bits per heavy atom. The summed E-state index contributed by atoms with van der Waals surface area (Å²) in [6, 6.07) is 27.9. The minimum atomic E-state index is -0.642. The third-order valence-electron chi connectivity index (χ3n) is 7.47. The Hall–Kier alpha value is -4.55. The molecule has 0 saturated carbocycles. The second kappa shape index (κ2) is 11.1. The Kier molecular flexibility index (Phi) is 7.25. The van der Waals surface area contributed by atoms with E-state index in [2.05, 4.69) is 0 Å². The monoisotopic (exact) mass is 565 g/mol. The topological polar surface area (TPSA) is 69.0 Å². The van der Waals surface area contributed by atoms with Gasteiger partial charge in [-0.15, -0.1) is 0 Å². The summed E-state index contributed by atoms with van der Waals surface area (Å²) in [5, 5.41) is 0.823. The summed E-state index contributed by atoms with van der Waals surface area (Å²) in [6.07, 6.45) is 0.586. The molecule has 2 heterocycles. The molecule has 1 atom stereocenters. The summed E-state index contributed by atoms with van der Waals surface area (Å²) >= 11 is 6.38. The fourth-order valence-electron chi connectivity index (χ4n) is 5.28. The van der Waals surface area contributed by atoms with Gasteiger partial charge in [-0.1, -0.05) is 66.2 Å². The first-order valence-electron chi connectivity index (χ1n) is 13.4. The molecular weight excluding hydrogens is 538 g/mol. The predicted molar refractivity (Wildman–Crippen MR) is 159 cm³/mol. The van der Waals surface area contributed by atoms with Crippen LogP contribution in [0.3, 0.4) is 0 Å². The van der Waals surface area contributed by atoms with Crippen molar-refractivity contribution in [1.29, 1.82) is 0 Å². The van der Waals surface area contributed by atoms with Gasteiger partial charge in [0, 0.05) is 11.6 Å². The van der Waals surface area contributed by atoms with Gasteiger partial charge in [0.25, 0.3) is 5.91 Å². The van der Waals surface area contributed by atoms with Crippen LogP contribution >= 0.6 is 11.6 Å². The SMILES string of the molecule is COc1ccc(CCN2C(=O)c3oc4cc(C)c(Cl)cc4c(=O)c3C2c2cccc(OCc3ccccc3)c2)cc1. The summed E-state index contributed by atoms with van der Waals surface area (Å²) in [7, 11) is 1.63. The third-order valence-corrected chi connectivity index (χ3v) is 7.88. The van der Waals surface area contributed by atoms with Crippen LogP contribution in [0.1, 0.15) is 44.4 Å². The van der Waals surface area contributed by atoms with Crippen molar-refractivity contribution in [2.45, 2.75) is 26.0 Å². The quantitative estimate of drug-likeness (QED) is 0.200. The van der Waals surface area contributed by atoms with Crippen molar-refractivity contribution in [3.8, 4) is 11.5 Å². The van der Waals surface area contributed by atoms with Gasteiger partial charge < -0.3 is 18.8 Å². The van der Waals surface area contributed by atoms with Crippen molar-refractivity contribution in [2.24, 2.45) is 0 Å². The number of nitrogens with zero attached hydrogens (tertiary/aromatic N) is 1. The van der Waals surface area contributed by atoms with Gasteiger partial charge in [-0.2, -0.15) is 0 Å². The van der Waals surface area contributed by atoms with Gasteiger partial charge in [-0.25, -0.2) is 0 Å². The average Bonchev–Trinajstić information content (AvgIpc) is 3.28. The molecule has 0 aliphatic carbocycles. The highest BCUT2D eigenvalue weighted by Gasteiger charge is 2.42. The van der Waals surface area contributed by atoms with Crippen LogP contribution < -0.4 is 14.9 Å². The van der Waals surface area contributed by atoms with E-state index < -0.39 is 6.04 Å². The lowest BCUT2D eigenvalue weighted by atomic mass is 9.97. The number of fused-ring (bicyclic) bond motifs is 2. The zero-order chi connectivity index (χ0) is 28.5. The first kappa shape index (κ1) is 26.7. The molecule has 0 bridgehead atoms. The molecule has 0 fully saturated rings. The van der Waals surface area contributed by atoms with Crippen LogP contribution in [0.4, 0.5) is 0 Å². The molecule has 1 unspecified atom stereocenters. The van der Waals surface area contributed by atoms with E-state index in [-0.39, 0.29) is 17.1 Å². The van der Waals surface area contributed by atoms with Gasteiger partial charge >= 0.3 is 0 Å². The van der Waals surface area contributed by atoms with Crippen molar-refractivity contribution >= 4 is 28.5 Å². The minimum Gasteiger partial charge on any atom is -0.497 e. The summed E-state index contributed by atoms with van der Waals surface area (Å²) in [4.78, 5) is 29.5. The molecule has 6 rings (SSSR count). The van der Waals surface area contributed by atoms with Crippen molar-refractivity contribution in [1.82, 2.24) is 4.90 Å². The Balaban J connectivity index is 1.40. The van der Waals surface area contributed by atoms with Gasteiger partial charge in [0.1, 0.15) is 23.7 Å². The molecule has 0 spiro atoms. The summed E-state index contributed by atoms with van der Waals surface area (Å²) in [6.45, 7) is 2.61. The van der Waals surface area contributed by atoms with Crippen molar-refractivity contribution in [3.05, 3.63) is 140 Å². The largest absolute Gasteiger partial charge is 0.497 e. The smallest absolute Gasteiger partial charge is 0.290 e. The van der Waals surface area contributed by atoms with Gasteiger partial charge in [0.2, 0.25) is 5.76 Å². The number of carbonyl (C=O) groups excluding carboxylic acids is 1. The van der Waals surface area contributed by atoms with Crippen LogP contribution in [0.2, 0.25) is 5.02 Å². The third kappa shape index (κ3) is 5.19. The van der Waals surface area contributed by atoms with Crippen LogP contribution in [0.25, 0.3) is 11.0 Å². The molecule has 206 valence electrons. The van der Waals surface area contributed by atoms with E-state index in [0.717, 1.165) is 28.0 Å². The Bertz CT molecular complexity index is 1800. The summed E-state index contributed by atoms with van der Waals surface area (Å²) in [5.41, 5.74) is 4.02. The fraction of sp³-hybridized carbons (Fsp3) is 0.176. The van der Waals surface area contributed by atoms with Crippen LogP contribution in [0, 0.1) is 6.92 Å². The van der Waals surface area contributed by atoms with Crippen LogP contribution in [0.15, 0.2) is 100 Å². The summed E-state index contributed by atoms with van der Waals surface area (Å²) in [5.74, 6) is 1.16. The van der Waals surface area contributed by atoms with Crippen LogP contribution in [0.5, 0.6) is 11.5 Å². The highest BCUT2D eigenvalue weighted by Crippen LogP contribution is 2.39. The van der Waals surface area contributed by atoms with E-state index in [1.165, 1.54) is 0 Å². The normalized spacial score (nSPS) is 14.4. The highest BCUT2D eigenvalue weighted by atomic mass is 35.5. The van der Waals surface area contributed by atoms with Gasteiger partial charge in [-0.05, 0) is 72.0 Å². The standard InChI is InChI=1S/C34H28ClNO5/c1-21-17-29-27(19-28(21)35)32(37)30-31(24-9-6-10-26(18-24)40-20-23-7-4-3-5-8-23)36(34(38)33(30)41-29)16-15-22-11-13-25(39-2)14-12-22/h3-14,17-19,31H,15-16,20H2,1-2H3. The number of hydrogen-bond donors (Lipinski definition) is 0. The highest BCUT2D eigenvalue weighted by molar-refractivity contribution is 6.32. The maximum absolute atomic E-state index is 14.0. The molecule has 1 aromatic heterocycles. The van der Waals surface area contributed by atoms with Gasteiger partial charge in [0.15, 0.2) is 5.43 Å². The first-order valence-corrected chi connectivity index (χ1v) is 13.8. The Morgan fingerprint density at radius 2 is 1.66 bits per heavy atom. The Labute approximate surface area is 242 Å². The number of ether oxygens (including phenoxy) is 2. The number of halogens is 1. The van der Waals surface area contributed by atoms with Gasteiger partial charge in [0.05, 0.1) is 24.1 Å². The zero-order valence-corrected chi connectivity index (χ0v) is 23.5. The molecular formula is C34H28ClNO5. The van der Waals surface area contributed by atoms with E-state index in [0.29, 0.717) is 46.9 Å². The first-order chi connectivity index (χ1) is 19.9. The fourth-order valence-corrected chi connectivity index (χ4v) is 5.44. The number of benzene rings is 4. The Morgan fingerprint density at radius 1 is 0.878 bits per heavy atom. The molecule has 7 heteroatoms. The van der Waals surface area contributed by atoms with E-state index in [4.69, 9.17) is 25.5 Å². The van der Waals surface area contributed by atoms with Crippen molar-refractivity contribution in [3.63, 3.8) is 0 Å². The molecule has 41 heavy (non-hydrogen) atoms. The van der Waals surface area contributed by atoms with E-state index in [1.807, 2.05) is 85.8 Å². The van der Waals surface area contributed by atoms with Crippen LogP contribution in [-0.2, 0) is 13.0 Å². The maximum atomic E-state index is 14.0. The van der Waals surface area contributed by atoms with E-state index >= 15 is 0 Å². The predicted octanol–water partition coefficient (Wildman–Crippen LogP) is 7.13. The molecule has 0 N–H and O–H groups in total. The summed E-state index contributed by atoms with van der Waals surface area (Å²) < 4.78 is 17.5. The number of aryl methyl sites for hydroxylation is 1. The second-order valence-electron chi connectivity index (χ2n) is 10.1. The molecule has 1 aliphatic rings. The molecule has 1 aliphatic heterocycles. The number of carbonyl (C=O) groups is 1. The molecule has 6 nitrogen and oxygen atoms in total. The number of rotatable bonds is 8. The van der Waals surface area contributed by atoms with Gasteiger partial charge in [-0.3, -0.25) is 9.59 Å².